The van der Waals surface area contributed by atoms with Gasteiger partial charge in [0.2, 0.25) is 0 Å². The molecule has 0 amide bonds. The molecule has 4 heteroatoms. The number of hydrogen-bond donors (Lipinski definition) is 0. The van der Waals surface area contributed by atoms with E-state index >= 15 is 0 Å². The van der Waals surface area contributed by atoms with E-state index in [1.165, 1.54) is 13.8 Å². The van der Waals surface area contributed by atoms with Crippen LogP contribution in [0.5, 0.6) is 0 Å². The Hall–Kier alpha value is -1.32. The zero-order valence-electron chi connectivity index (χ0n) is 8.36. The Morgan fingerprint density at radius 3 is 2.57 bits per heavy atom. The minimum absolute atomic E-state index is 0.159. The van der Waals surface area contributed by atoms with Crippen molar-refractivity contribution in [2.75, 3.05) is 6.61 Å². The molecule has 0 N–H and O–H groups in total. The molecule has 14 heavy (non-hydrogen) atoms. The number of carbonyl (C=O) groups excluding carboxylic acids is 2. The van der Waals surface area contributed by atoms with E-state index in [2.05, 4.69) is 0 Å². The molecule has 1 aliphatic rings. The van der Waals surface area contributed by atoms with Gasteiger partial charge in [0.1, 0.15) is 6.10 Å². The fourth-order valence-electron chi connectivity index (χ4n) is 1.39. The van der Waals surface area contributed by atoms with Crippen molar-refractivity contribution in [3.8, 4) is 0 Å². The second-order valence-electron chi connectivity index (χ2n) is 3.33. The molecule has 0 aliphatic heterocycles. The van der Waals surface area contributed by atoms with E-state index in [0.29, 0.717) is 13.0 Å². The highest BCUT2D eigenvalue weighted by atomic mass is 16.5. The van der Waals surface area contributed by atoms with E-state index in [0.717, 1.165) is 0 Å². The zero-order valence-corrected chi connectivity index (χ0v) is 8.36. The maximum Gasteiger partial charge on any atom is 0.303 e. The van der Waals surface area contributed by atoms with Crippen LogP contribution in [0.2, 0.25) is 0 Å². The molecular weight excluding hydrogens is 184 g/mol. The van der Waals surface area contributed by atoms with Gasteiger partial charge in [0.15, 0.2) is 0 Å². The van der Waals surface area contributed by atoms with Gasteiger partial charge in [-0.1, -0.05) is 6.08 Å². The van der Waals surface area contributed by atoms with E-state index in [9.17, 15) is 9.59 Å². The number of hydrogen-bond acceptors (Lipinski definition) is 4. The molecule has 0 radical (unpaired) electrons. The minimum atomic E-state index is -0.284. The van der Waals surface area contributed by atoms with Crippen molar-refractivity contribution >= 4 is 11.9 Å². The second kappa shape index (κ2) is 4.79. The maximum atomic E-state index is 10.6. The molecular formula is C10H14O4. The van der Waals surface area contributed by atoms with Gasteiger partial charge in [0, 0.05) is 19.8 Å². The summed E-state index contributed by atoms with van der Waals surface area (Å²) >= 11 is 0. The van der Waals surface area contributed by atoms with E-state index in [1.54, 1.807) is 0 Å². The highest BCUT2D eigenvalue weighted by Crippen LogP contribution is 2.20. The lowest BCUT2D eigenvalue weighted by Gasteiger charge is -2.11. The van der Waals surface area contributed by atoms with Crippen LogP contribution in [0.1, 0.15) is 20.3 Å². The molecule has 0 bridgehead atoms. The van der Waals surface area contributed by atoms with Crippen molar-refractivity contribution in [3.05, 3.63) is 12.2 Å². The lowest BCUT2D eigenvalue weighted by atomic mass is 10.1. The Balaban J connectivity index is 2.25. The third-order valence-corrected chi connectivity index (χ3v) is 1.95. The molecule has 0 aromatic carbocycles. The summed E-state index contributed by atoms with van der Waals surface area (Å²) in [6.45, 7) is 3.12. The monoisotopic (exact) mass is 198 g/mol. The summed E-state index contributed by atoms with van der Waals surface area (Å²) in [4.78, 5) is 21.2. The van der Waals surface area contributed by atoms with Crippen LogP contribution >= 0.6 is 0 Å². The molecule has 0 saturated heterocycles. The molecule has 0 unspecified atom stereocenters. The van der Waals surface area contributed by atoms with Gasteiger partial charge in [-0.25, -0.2) is 0 Å². The molecule has 0 saturated carbocycles. The maximum absolute atomic E-state index is 10.6. The van der Waals surface area contributed by atoms with Gasteiger partial charge >= 0.3 is 11.9 Å². The fraction of sp³-hybridized carbons (Fsp3) is 0.600. The summed E-state index contributed by atoms with van der Waals surface area (Å²) in [5.74, 6) is -0.398. The lowest BCUT2D eigenvalue weighted by Crippen LogP contribution is -2.15. The summed E-state index contributed by atoms with van der Waals surface area (Å²) in [7, 11) is 0. The molecule has 0 spiro atoms. The van der Waals surface area contributed by atoms with Crippen LogP contribution in [-0.2, 0) is 19.1 Å². The van der Waals surface area contributed by atoms with E-state index in [-0.39, 0.29) is 24.0 Å². The number of ether oxygens (including phenoxy) is 2. The van der Waals surface area contributed by atoms with Crippen molar-refractivity contribution in [2.45, 2.75) is 26.4 Å². The Morgan fingerprint density at radius 2 is 2.00 bits per heavy atom. The van der Waals surface area contributed by atoms with Crippen LogP contribution in [0.4, 0.5) is 0 Å². The SMILES string of the molecule is CC(=O)OC[C@H]1C=C[C@@H](OC(C)=O)C1. The number of rotatable bonds is 3. The third-order valence-electron chi connectivity index (χ3n) is 1.95. The molecule has 4 nitrogen and oxygen atoms in total. The predicted molar refractivity (Wildman–Crippen MR) is 49.4 cm³/mol. The topological polar surface area (TPSA) is 52.6 Å². The summed E-state index contributed by atoms with van der Waals surface area (Å²) in [6.07, 6.45) is 4.28. The van der Waals surface area contributed by atoms with Crippen LogP contribution in [0.25, 0.3) is 0 Å². The van der Waals surface area contributed by atoms with Crippen molar-refractivity contribution in [2.24, 2.45) is 5.92 Å². The first-order valence-corrected chi connectivity index (χ1v) is 4.57. The van der Waals surface area contributed by atoms with Crippen molar-refractivity contribution in [3.63, 3.8) is 0 Å². The quantitative estimate of drug-likeness (QED) is 0.502. The first-order valence-electron chi connectivity index (χ1n) is 4.57. The molecule has 78 valence electrons. The van der Waals surface area contributed by atoms with Crippen LogP contribution in [-0.4, -0.2) is 24.6 Å². The summed E-state index contributed by atoms with van der Waals surface area (Å²) in [6, 6.07) is 0. The van der Waals surface area contributed by atoms with Gasteiger partial charge in [0.25, 0.3) is 0 Å². The van der Waals surface area contributed by atoms with Crippen LogP contribution in [0.15, 0.2) is 12.2 Å². The highest BCUT2D eigenvalue weighted by molar-refractivity contribution is 5.66. The van der Waals surface area contributed by atoms with Crippen LogP contribution in [0.3, 0.4) is 0 Å². The summed E-state index contributed by atoms with van der Waals surface area (Å²) < 4.78 is 9.83. The predicted octanol–water partition coefficient (Wildman–Crippen LogP) is 1.06. The van der Waals surface area contributed by atoms with Gasteiger partial charge in [-0.2, -0.15) is 0 Å². The second-order valence-corrected chi connectivity index (χ2v) is 3.33. The van der Waals surface area contributed by atoms with Crippen molar-refractivity contribution in [1.29, 1.82) is 0 Å². The van der Waals surface area contributed by atoms with E-state index in [1.807, 2.05) is 12.2 Å². The summed E-state index contributed by atoms with van der Waals surface area (Å²) in [5.41, 5.74) is 0. The molecule has 1 aliphatic carbocycles. The normalized spacial score (nSPS) is 24.7. The van der Waals surface area contributed by atoms with E-state index in [4.69, 9.17) is 9.47 Å². The number of carbonyl (C=O) groups is 2. The van der Waals surface area contributed by atoms with Crippen molar-refractivity contribution < 1.29 is 19.1 Å². The first-order chi connectivity index (χ1) is 6.58. The van der Waals surface area contributed by atoms with Crippen molar-refractivity contribution in [1.82, 2.24) is 0 Å². The summed E-state index contributed by atoms with van der Waals surface area (Å²) in [5, 5.41) is 0. The Kier molecular flexibility index (Phi) is 3.68. The molecule has 1 rings (SSSR count). The third kappa shape index (κ3) is 3.60. The fourth-order valence-corrected chi connectivity index (χ4v) is 1.39. The van der Waals surface area contributed by atoms with Gasteiger partial charge < -0.3 is 9.47 Å². The van der Waals surface area contributed by atoms with E-state index < -0.39 is 0 Å². The standard InChI is InChI=1S/C10H14O4/c1-7(11)13-6-9-3-4-10(5-9)14-8(2)12/h3-4,9-10H,5-6H2,1-2H3/t9-,10+/m0/s1. The number of esters is 2. The molecule has 0 aromatic rings. The Morgan fingerprint density at radius 1 is 1.29 bits per heavy atom. The first kappa shape index (κ1) is 10.8. The zero-order chi connectivity index (χ0) is 10.6. The molecule has 0 fully saturated rings. The van der Waals surface area contributed by atoms with Gasteiger partial charge in [-0.15, -0.1) is 0 Å². The Bertz CT molecular complexity index is 257. The lowest BCUT2D eigenvalue weighted by molar-refractivity contribution is -0.146. The smallest absolute Gasteiger partial charge is 0.303 e. The highest BCUT2D eigenvalue weighted by Gasteiger charge is 2.21. The van der Waals surface area contributed by atoms with Gasteiger partial charge in [-0.3, -0.25) is 9.59 Å². The molecule has 0 heterocycles. The Labute approximate surface area is 82.9 Å². The largest absolute Gasteiger partial charge is 0.465 e. The molecule has 0 aromatic heterocycles. The van der Waals surface area contributed by atoms with Gasteiger partial charge in [0.05, 0.1) is 6.61 Å². The van der Waals surface area contributed by atoms with Crippen LogP contribution < -0.4 is 0 Å². The minimum Gasteiger partial charge on any atom is -0.465 e. The average Bonchev–Trinajstić information content (AvgIpc) is 2.47. The molecule has 2 atom stereocenters. The van der Waals surface area contributed by atoms with Gasteiger partial charge in [-0.05, 0) is 12.5 Å². The van der Waals surface area contributed by atoms with Crippen LogP contribution in [0, 0.1) is 5.92 Å². The average molecular weight is 198 g/mol.